The van der Waals surface area contributed by atoms with Gasteiger partial charge in [0.2, 0.25) is 21.8 Å². The fourth-order valence-electron chi connectivity index (χ4n) is 3.07. The maximum atomic E-state index is 13.6. The van der Waals surface area contributed by atoms with Crippen molar-refractivity contribution in [2.75, 3.05) is 23.7 Å². The van der Waals surface area contributed by atoms with E-state index in [1.165, 1.54) is 24.0 Å². The predicted octanol–water partition coefficient (Wildman–Crippen LogP) is 4.50. The Balaban J connectivity index is 2.42. The van der Waals surface area contributed by atoms with E-state index in [0.29, 0.717) is 23.6 Å². The standard InChI is InChI=1S/C22H25Cl3FN3O4S/c1-4-9-27-22(31)14(2)28(12-15-5-6-16(23)10-18(15)24)21(30)13-29(34(3,32)33)17-7-8-20(26)19(25)11-17/h5-8,10-11,14H,4,9,12-13H2,1-3H3,(H,27,31)/t14-/m1/s1. The van der Waals surface area contributed by atoms with Crippen LogP contribution in [0, 0.1) is 5.82 Å². The summed E-state index contributed by atoms with van der Waals surface area (Å²) in [5, 5.41) is 3.12. The molecule has 0 aromatic heterocycles. The molecule has 0 heterocycles. The van der Waals surface area contributed by atoms with E-state index in [-0.39, 0.29) is 22.3 Å². The number of carbonyl (C=O) groups is 2. The van der Waals surface area contributed by atoms with Gasteiger partial charge in [-0.1, -0.05) is 47.8 Å². The summed E-state index contributed by atoms with van der Waals surface area (Å²) in [4.78, 5) is 27.3. The summed E-state index contributed by atoms with van der Waals surface area (Å²) in [5.41, 5.74) is 0.528. The van der Waals surface area contributed by atoms with E-state index >= 15 is 0 Å². The molecule has 2 aromatic rings. The third-order valence-corrected chi connectivity index (χ3v) is 6.96. The normalized spacial score (nSPS) is 12.2. The summed E-state index contributed by atoms with van der Waals surface area (Å²) >= 11 is 18.0. The lowest BCUT2D eigenvalue weighted by molar-refractivity contribution is -0.139. The van der Waals surface area contributed by atoms with Gasteiger partial charge >= 0.3 is 0 Å². The van der Waals surface area contributed by atoms with Crippen LogP contribution in [0.4, 0.5) is 10.1 Å². The molecule has 186 valence electrons. The maximum absolute atomic E-state index is 13.6. The molecule has 1 N–H and O–H groups in total. The summed E-state index contributed by atoms with van der Waals surface area (Å²) in [5.74, 6) is -1.81. The highest BCUT2D eigenvalue weighted by Gasteiger charge is 2.30. The Morgan fingerprint density at radius 3 is 2.32 bits per heavy atom. The Hall–Kier alpha value is -2.07. The van der Waals surface area contributed by atoms with Crippen LogP contribution in [0.2, 0.25) is 15.1 Å². The van der Waals surface area contributed by atoms with Crippen LogP contribution in [-0.4, -0.2) is 50.5 Å². The van der Waals surface area contributed by atoms with Gasteiger partial charge in [-0.25, -0.2) is 12.8 Å². The minimum atomic E-state index is -3.96. The molecule has 0 spiro atoms. The van der Waals surface area contributed by atoms with Gasteiger partial charge in [0, 0.05) is 23.1 Å². The van der Waals surface area contributed by atoms with E-state index < -0.39 is 40.2 Å². The highest BCUT2D eigenvalue weighted by Crippen LogP contribution is 2.26. The Morgan fingerprint density at radius 1 is 1.09 bits per heavy atom. The summed E-state index contributed by atoms with van der Waals surface area (Å²) < 4.78 is 39.4. The Kier molecular flexibility index (Phi) is 9.99. The van der Waals surface area contributed by atoms with E-state index in [2.05, 4.69) is 5.32 Å². The van der Waals surface area contributed by atoms with Gasteiger partial charge in [-0.3, -0.25) is 13.9 Å². The number of hydrogen-bond acceptors (Lipinski definition) is 4. The van der Waals surface area contributed by atoms with Crippen molar-refractivity contribution in [1.29, 1.82) is 0 Å². The fourth-order valence-corrected chi connectivity index (χ4v) is 4.55. The molecule has 34 heavy (non-hydrogen) atoms. The largest absolute Gasteiger partial charge is 0.354 e. The second kappa shape index (κ2) is 12.1. The van der Waals surface area contributed by atoms with Crippen molar-refractivity contribution in [2.24, 2.45) is 0 Å². The van der Waals surface area contributed by atoms with Gasteiger partial charge in [0.15, 0.2) is 0 Å². The summed E-state index contributed by atoms with van der Waals surface area (Å²) in [6, 6.07) is 7.10. The lowest BCUT2D eigenvalue weighted by Gasteiger charge is -2.31. The molecule has 0 fully saturated rings. The van der Waals surface area contributed by atoms with Crippen molar-refractivity contribution in [3.8, 4) is 0 Å². The number of sulfonamides is 1. The zero-order valence-corrected chi connectivity index (χ0v) is 21.9. The first-order valence-electron chi connectivity index (χ1n) is 10.3. The molecule has 12 heteroatoms. The molecule has 0 aliphatic carbocycles. The monoisotopic (exact) mass is 551 g/mol. The SMILES string of the molecule is CCCNC(=O)[C@@H](C)N(Cc1ccc(Cl)cc1Cl)C(=O)CN(c1ccc(F)c(Cl)c1)S(C)(=O)=O. The second-order valence-corrected chi connectivity index (χ2v) is 10.8. The molecule has 0 aliphatic heterocycles. The third-order valence-electron chi connectivity index (χ3n) is 4.94. The van der Waals surface area contributed by atoms with E-state index in [1.807, 2.05) is 6.92 Å². The molecule has 0 aliphatic rings. The topological polar surface area (TPSA) is 86.8 Å². The molecular weight excluding hydrogens is 528 g/mol. The van der Waals surface area contributed by atoms with Crippen LogP contribution in [0.5, 0.6) is 0 Å². The first-order valence-corrected chi connectivity index (χ1v) is 13.3. The molecule has 0 unspecified atom stereocenters. The van der Waals surface area contributed by atoms with Crippen molar-refractivity contribution in [2.45, 2.75) is 32.9 Å². The molecule has 1 atom stereocenters. The van der Waals surface area contributed by atoms with E-state index in [0.717, 1.165) is 22.7 Å². The lowest BCUT2D eigenvalue weighted by Crippen LogP contribution is -2.51. The number of anilines is 1. The number of benzene rings is 2. The van der Waals surface area contributed by atoms with Crippen LogP contribution in [0.3, 0.4) is 0 Å². The summed E-state index contributed by atoms with van der Waals surface area (Å²) in [6.45, 7) is 3.12. The van der Waals surface area contributed by atoms with Crippen molar-refractivity contribution >= 4 is 62.3 Å². The van der Waals surface area contributed by atoms with Gasteiger partial charge in [0.25, 0.3) is 0 Å². The van der Waals surface area contributed by atoms with E-state index in [9.17, 15) is 22.4 Å². The molecule has 0 saturated heterocycles. The van der Waals surface area contributed by atoms with Crippen molar-refractivity contribution in [3.05, 3.63) is 62.8 Å². The number of nitrogens with zero attached hydrogens (tertiary/aromatic N) is 2. The van der Waals surface area contributed by atoms with Crippen molar-refractivity contribution in [3.63, 3.8) is 0 Å². The average molecular weight is 553 g/mol. The van der Waals surface area contributed by atoms with Gasteiger partial charge in [-0.15, -0.1) is 0 Å². The number of halogens is 4. The average Bonchev–Trinajstić information content (AvgIpc) is 2.75. The number of rotatable bonds is 10. The maximum Gasteiger partial charge on any atom is 0.244 e. The molecule has 2 aromatic carbocycles. The van der Waals surface area contributed by atoms with E-state index in [4.69, 9.17) is 34.8 Å². The lowest BCUT2D eigenvalue weighted by atomic mass is 10.1. The molecule has 2 amide bonds. The first kappa shape index (κ1) is 28.2. The van der Waals surface area contributed by atoms with Gasteiger partial charge in [0.1, 0.15) is 18.4 Å². The Morgan fingerprint density at radius 2 is 1.76 bits per heavy atom. The number of nitrogens with one attached hydrogen (secondary N) is 1. The predicted molar refractivity (Wildman–Crippen MR) is 133 cm³/mol. The molecule has 2 rings (SSSR count). The summed E-state index contributed by atoms with van der Waals surface area (Å²) in [6.07, 6.45) is 1.61. The minimum absolute atomic E-state index is 0.00909. The van der Waals surface area contributed by atoms with Gasteiger partial charge in [-0.05, 0) is 49.2 Å². The Bertz CT molecular complexity index is 1160. The molecule has 7 nitrogen and oxygen atoms in total. The van der Waals surface area contributed by atoms with Crippen molar-refractivity contribution < 1.29 is 22.4 Å². The number of carbonyl (C=O) groups excluding carboxylic acids is 2. The van der Waals surface area contributed by atoms with Gasteiger partial charge in [-0.2, -0.15) is 0 Å². The smallest absolute Gasteiger partial charge is 0.244 e. The quantitative estimate of drug-likeness (QED) is 0.470. The fraction of sp³-hybridized carbons (Fsp3) is 0.364. The highest BCUT2D eigenvalue weighted by atomic mass is 35.5. The van der Waals surface area contributed by atoms with Crippen LogP contribution in [0.1, 0.15) is 25.8 Å². The van der Waals surface area contributed by atoms with Crippen LogP contribution < -0.4 is 9.62 Å². The second-order valence-electron chi connectivity index (χ2n) is 7.59. The van der Waals surface area contributed by atoms with Crippen LogP contribution in [0.25, 0.3) is 0 Å². The van der Waals surface area contributed by atoms with Gasteiger partial charge in [0.05, 0.1) is 17.0 Å². The van der Waals surface area contributed by atoms with Crippen molar-refractivity contribution in [1.82, 2.24) is 10.2 Å². The molecule has 0 bridgehead atoms. The van der Waals surface area contributed by atoms with Crippen LogP contribution >= 0.6 is 34.8 Å². The third kappa shape index (κ3) is 7.46. The number of hydrogen-bond donors (Lipinski definition) is 1. The molecule has 0 radical (unpaired) electrons. The van der Waals surface area contributed by atoms with E-state index in [1.54, 1.807) is 12.1 Å². The zero-order valence-electron chi connectivity index (χ0n) is 18.8. The molecule has 0 saturated carbocycles. The first-order chi connectivity index (χ1) is 15.8. The summed E-state index contributed by atoms with van der Waals surface area (Å²) in [7, 11) is -3.96. The zero-order chi connectivity index (χ0) is 25.6. The minimum Gasteiger partial charge on any atom is -0.354 e. The Labute approximate surface area is 213 Å². The van der Waals surface area contributed by atoms with Crippen LogP contribution in [0.15, 0.2) is 36.4 Å². The number of amides is 2. The highest BCUT2D eigenvalue weighted by molar-refractivity contribution is 7.92. The van der Waals surface area contributed by atoms with Crippen LogP contribution in [-0.2, 0) is 26.2 Å². The van der Waals surface area contributed by atoms with Gasteiger partial charge < -0.3 is 10.2 Å². The molecular formula is C22H25Cl3FN3O4S.